The van der Waals surface area contributed by atoms with Crippen LogP contribution in [0.4, 0.5) is 5.82 Å². The Morgan fingerprint density at radius 2 is 2.18 bits per heavy atom. The van der Waals surface area contributed by atoms with E-state index in [0.29, 0.717) is 5.82 Å². The molecule has 1 aliphatic rings. The van der Waals surface area contributed by atoms with Gasteiger partial charge in [-0.15, -0.1) is 0 Å². The fourth-order valence-electron chi connectivity index (χ4n) is 2.05. The summed E-state index contributed by atoms with van der Waals surface area (Å²) < 4.78 is 0. The SMILES string of the molecule is CC(Nc1ccncn1)C(=O)N1CCCCC1. The lowest BCUT2D eigenvalue weighted by Gasteiger charge is -2.29. The molecule has 0 saturated carbocycles. The molecule has 0 spiro atoms. The van der Waals surface area contributed by atoms with Gasteiger partial charge in [-0.25, -0.2) is 9.97 Å². The Morgan fingerprint density at radius 3 is 2.82 bits per heavy atom. The molecule has 1 atom stereocenters. The van der Waals surface area contributed by atoms with Gasteiger partial charge in [-0.3, -0.25) is 4.79 Å². The quantitative estimate of drug-likeness (QED) is 0.856. The summed E-state index contributed by atoms with van der Waals surface area (Å²) in [4.78, 5) is 21.9. The second-order valence-corrected chi connectivity index (χ2v) is 4.35. The topological polar surface area (TPSA) is 58.1 Å². The molecule has 1 amide bonds. The predicted molar refractivity (Wildman–Crippen MR) is 65.5 cm³/mol. The first-order valence-electron chi connectivity index (χ1n) is 6.09. The third kappa shape index (κ3) is 3.15. The van der Waals surface area contributed by atoms with Crippen LogP contribution in [0.5, 0.6) is 0 Å². The smallest absolute Gasteiger partial charge is 0.244 e. The Balaban J connectivity index is 1.90. The molecule has 1 unspecified atom stereocenters. The van der Waals surface area contributed by atoms with Crippen molar-refractivity contribution in [2.45, 2.75) is 32.2 Å². The predicted octanol–water partition coefficient (Wildman–Crippen LogP) is 1.29. The van der Waals surface area contributed by atoms with Crippen LogP contribution in [-0.4, -0.2) is 39.9 Å². The van der Waals surface area contributed by atoms with Gasteiger partial charge in [-0.2, -0.15) is 0 Å². The lowest BCUT2D eigenvalue weighted by molar-refractivity contribution is -0.132. The van der Waals surface area contributed by atoms with Crippen LogP contribution in [0.15, 0.2) is 18.6 Å². The maximum atomic E-state index is 12.1. The van der Waals surface area contributed by atoms with Crippen molar-refractivity contribution >= 4 is 11.7 Å². The molecule has 0 radical (unpaired) electrons. The van der Waals surface area contributed by atoms with Gasteiger partial charge in [0, 0.05) is 19.3 Å². The molecule has 1 aliphatic heterocycles. The summed E-state index contributed by atoms with van der Waals surface area (Å²) in [7, 11) is 0. The van der Waals surface area contributed by atoms with Crippen LogP contribution in [0.25, 0.3) is 0 Å². The monoisotopic (exact) mass is 234 g/mol. The van der Waals surface area contributed by atoms with E-state index in [1.54, 1.807) is 12.3 Å². The van der Waals surface area contributed by atoms with Crippen LogP contribution < -0.4 is 5.32 Å². The highest BCUT2D eigenvalue weighted by atomic mass is 16.2. The van der Waals surface area contributed by atoms with E-state index in [4.69, 9.17) is 0 Å². The largest absolute Gasteiger partial charge is 0.359 e. The summed E-state index contributed by atoms with van der Waals surface area (Å²) in [5.41, 5.74) is 0. The number of amides is 1. The molecule has 17 heavy (non-hydrogen) atoms. The number of anilines is 1. The zero-order valence-electron chi connectivity index (χ0n) is 10.1. The number of hydrogen-bond donors (Lipinski definition) is 1. The minimum absolute atomic E-state index is 0.156. The van der Waals surface area contributed by atoms with Crippen molar-refractivity contribution in [2.24, 2.45) is 0 Å². The van der Waals surface area contributed by atoms with E-state index in [1.807, 2.05) is 11.8 Å². The second-order valence-electron chi connectivity index (χ2n) is 4.35. The van der Waals surface area contributed by atoms with Gasteiger partial charge in [0.2, 0.25) is 5.91 Å². The summed E-state index contributed by atoms with van der Waals surface area (Å²) in [6.07, 6.45) is 6.60. The molecular weight excluding hydrogens is 216 g/mol. The highest BCUT2D eigenvalue weighted by molar-refractivity contribution is 5.84. The van der Waals surface area contributed by atoms with Crippen molar-refractivity contribution in [3.8, 4) is 0 Å². The molecule has 2 heterocycles. The number of nitrogens with zero attached hydrogens (tertiary/aromatic N) is 3. The van der Waals surface area contributed by atoms with Gasteiger partial charge in [0.15, 0.2) is 0 Å². The summed E-state index contributed by atoms with van der Waals surface area (Å²) in [5, 5.41) is 3.10. The van der Waals surface area contributed by atoms with Crippen LogP contribution >= 0.6 is 0 Å². The lowest BCUT2D eigenvalue weighted by atomic mass is 10.1. The molecule has 0 aliphatic carbocycles. The molecule has 0 aromatic carbocycles. The van der Waals surface area contributed by atoms with Gasteiger partial charge in [0.25, 0.3) is 0 Å². The summed E-state index contributed by atoms with van der Waals surface area (Å²) in [6.45, 7) is 3.64. The van der Waals surface area contributed by atoms with Gasteiger partial charge in [0.1, 0.15) is 18.2 Å². The minimum atomic E-state index is -0.233. The van der Waals surface area contributed by atoms with Crippen molar-refractivity contribution in [3.63, 3.8) is 0 Å². The first-order valence-corrected chi connectivity index (χ1v) is 6.09. The van der Waals surface area contributed by atoms with Gasteiger partial charge >= 0.3 is 0 Å². The van der Waals surface area contributed by atoms with Crippen LogP contribution in [-0.2, 0) is 4.79 Å². The van der Waals surface area contributed by atoms with E-state index in [-0.39, 0.29) is 11.9 Å². The van der Waals surface area contributed by atoms with Crippen LogP contribution in [0, 0.1) is 0 Å². The lowest BCUT2D eigenvalue weighted by Crippen LogP contribution is -2.44. The number of hydrogen-bond acceptors (Lipinski definition) is 4. The number of likely N-dealkylation sites (tertiary alicyclic amines) is 1. The van der Waals surface area contributed by atoms with Gasteiger partial charge < -0.3 is 10.2 Å². The number of carbonyl (C=O) groups is 1. The van der Waals surface area contributed by atoms with Crippen molar-refractivity contribution in [3.05, 3.63) is 18.6 Å². The molecule has 1 N–H and O–H groups in total. The van der Waals surface area contributed by atoms with E-state index in [9.17, 15) is 4.79 Å². The van der Waals surface area contributed by atoms with E-state index >= 15 is 0 Å². The van der Waals surface area contributed by atoms with Crippen molar-refractivity contribution in [1.82, 2.24) is 14.9 Å². The fraction of sp³-hybridized carbons (Fsp3) is 0.583. The number of piperidine rings is 1. The third-order valence-corrected chi connectivity index (χ3v) is 2.98. The summed E-state index contributed by atoms with van der Waals surface area (Å²) in [5.74, 6) is 0.848. The molecule has 92 valence electrons. The number of carbonyl (C=O) groups excluding carboxylic acids is 1. The molecule has 5 nitrogen and oxygen atoms in total. The zero-order valence-corrected chi connectivity index (χ0v) is 10.1. The second kappa shape index (κ2) is 5.61. The molecule has 1 saturated heterocycles. The maximum absolute atomic E-state index is 12.1. The Bertz CT molecular complexity index is 362. The summed E-state index contributed by atoms with van der Waals surface area (Å²) >= 11 is 0. The average Bonchev–Trinajstić information content (AvgIpc) is 2.40. The van der Waals surface area contributed by atoms with Gasteiger partial charge in [-0.1, -0.05) is 0 Å². The Kier molecular flexibility index (Phi) is 3.90. The molecule has 5 heteroatoms. The van der Waals surface area contributed by atoms with Gasteiger partial charge in [-0.05, 0) is 32.3 Å². The average molecular weight is 234 g/mol. The number of rotatable bonds is 3. The molecular formula is C12H18N4O. The Morgan fingerprint density at radius 1 is 1.41 bits per heavy atom. The maximum Gasteiger partial charge on any atom is 0.244 e. The molecule has 2 rings (SSSR count). The normalized spacial score (nSPS) is 17.6. The first kappa shape index (κ1) is 11.8. The molecule has 0 bridgehead atoms. The van der Waals surface area contributed by atoms with E-state index in [2.05, 4.69) is 15.3 Å². The number of nitrogens with one attached hydrogen (secondary N) is 1. The highest BCUT2D eigenvalue weighted by Gasteiger charge is 2.21. The Labute approximate surface area is 101 Å². The molecule has 1 fully saturated rings. The molecule has 1 aromatic heterocycles. The van der Waals surface area contributed by atoms with Crippen molar-refractivity contribution < 1.29 is 4.79 Å². The first-order chi connectivity index (χ1) is 8.27. The zero-order chi connectivity index (χ0) is 12.1. The van der Waals surface area contributed by atoms with E-state index in [1.165, 1.54) is 12.7 Å². The molecule has 1 aromatic rings. The highest BCUT2D eigenvalue weighted by Crippen LogP contribution is 2.11. The van der Waals surface area contributed by atoms with Gasteiger partial charge in [0.05, 0.1) is 0 Å². The third-order valence-electron chi connectivity index (χ3n) is 2.98. The van der Waals surface area contributed by atoms with E-state index in [0.717, 1.165) is 25.9 Å². The Hall–Kier alpha value is -1.65. The minimum Gasteiger partial charge on any atom is -0.359 e. The van der Waals surface area contributed by atoms with Crippen LogP contribution in [0.2, 0.25) is 0 Å². The van der Waals surface area contributed by atoms with Crippen molar-refractivity contribution in [1.29, 1.82) is 0 Å². The summed E-state index contributed by atoms with van der Waals surface area (Å²) in [6, 6.07) is 1.53. The fourth-order valence-corrected chi connectivity index (χ4v) is 2.05. The van der Waals surface area contributed by atoms with Crippen LogP contribution in [0.3, 0.4) is 0 Å². The van der Waals surface area contributed by atoms with Crippen LogP contribution in [0.1, 0.15) is 26.2 Å². The van der Waals surface area contributed by atoms with E-state index < -0.39 is 0 Å². The van der Waals surface area contributed by atoms with Crippen molar-refractivity contribution in [2.75, 3.05) is 18.4 Å². The standard InChI is InChI=1S/C12H18N4O/c1-10(15-11-5-6-13-9-14-11)12(17)16-7-3-2-4-8-16/h5-6,9-10H,2-4,7-8H2,1H3,(H,13,14,15). The number of aromatic nitrogens is 2.